The van der Waals surface area contributed by atoms with Crippen LogP contribution in [0.1, 0.15) is 33.2 Å². The van der Waals surface area contributed by atoms with Gasteiger partial charge < -0.3 is 14.8 Å². The summed E-state index contributed by atoms with van der Waals surface area (Å²) in [6.45, 7) is 1.62. The summed E-state index contributed by atoms with van der Waals surface area (Å²) in [5.74, 6) is -1.41. The molecule has 30 heavy (non-hydrogen) atoms. The van der Waals surface area contributed by atoms with Crippen molar-refractivity contribution in [1.82, 2.24) is 15.3 Å². The molecular weight excluding hydrogens is 410 g/mol. The van der Waals surface area contributed by atoms with E-state index in [-0.39, 0.29) is 47.5 Å². The average molecular weight is 428 g/mol. The number of nitrogens with one attached hydrogen (secondary N) is 1. The van der Waals surface area contributed by atoms with E-state index in [0.717, 1.165) is 0 Å². The Bertz CT molecular complexity index is 1030. The van der Waals surface area contributed by atoms with Crippen LogP contribution in [0.4, 0.5) is 0 Å². The molecule has 154 valence electrons. The van der Waals surface area contributed by atoms with Gasteiger partial charge in [-0.25, -0.2) is 9.59 Å². The van der Waals surface area contributed by atoms with Gasteiger partial charge in [0.1, 0.15) is 0 Å². The summed E-state index contributed by atoms with van der Waals surface area (Å²) in [4.78, 5) is 43.7. The fourth-order valence-electron chi connectivity index (χ4n) is 2.34. The molecule has 0 aliphatic carbocycles. The summed E-state index contributed by atoms with van der Waals surface area (Å²) in [5.41, 5.74) is 1.15. The maximum absolute atomic E-state index is 12.4. The lowest BCUT2D eigenvalue weighted by molar-refractivity contribution is -0.119. The molecule has 1 amide bonds. The molecule has 0 fully saturated rings. The highest BCUT2D eigenvalue weighted by atomic mass is 35.5. The van der Waals surface area contributed by atoms with E-state index in [1.165, 1.54) is 43.8 Å². The molecule has 9 heteroatoms. The van der Waals surface area contributed by atoms with E-state index in [4.69, 9.17) is 9.47 Å². The van der Waals surface area contributed by atoms with Crippen LogP contribution in [0.25, 0.3) is 0 Å². The van der Waals surface area contributed by atoms with Crippen LogP contribution in [0.3, 0.4) is 0 Å². The van der Waals surface area contributed by atoms with Gasteiger partial charge in [0.05, 0.1) is 11.1 Å². The van der Waals surface area contributed by atoms with E-state index in [1.807, 2.05) is 0 Å². The highest BCUT2D eigenvalue weighted by Gasteiger charge is 2.17. The van der Waals surface area contributed by atoms with Crippen molar-refractivity contribution in [3.05, 3.63) is 83.9 Å². The molecule has 0 radical (unpaired) electrons. The topological polar surface area (TPSA) is 107 Å². The number of carbonyl (C=O) groups is 3. The zero-order valence-electron chi connectivity index (χ0n) is 15.9. The molecule has 2 heterocycles. The highest BCUT2D eigenvalue weighted by Crippen LogP contribution is 2.30. The van der Waals surface area contributed by atoms with Gasteiger partial charge in [0.25, 0.3) is 0 Å². The fourth-order valence-corrected chi connectivity index (χ4v) is 2.34. The number of benzene rings is 1. The van der Waals surface area contributed by atoms with Crippen molar-refractivity contribution < 1.29 is 23.9 Å². The number of amides is 1. The summed E-state index contributed by atoms with van der Waals surface area (Å²) in [6.07, 6.45) is 5.81. The molecule has 0 spiro atoms. The van der Waals surface area contributed by atoms with E-state index >= 15 is 0 Å². The molecule has 0 unspecified atom stereocenters. The maximum atomic E-state index is 12.4. The van der Waals surface area contributed by atoms with Gasteiger partial charge in [-0.1, -0.05) is 6.07 Å². The predicted octanol–water partition coefficient (Wildman–Crippen LogP) is 2.97. The number of ether oxygens (including phenoxy) is 2. The van der Waals surface area contributed by atoms with Gasteiger partial charge in [0.2, 0.25) is 5.91 Å². The Balaban J connectivity index is 0.00000320. The van der Waals surface area contributed by atoms with Crippen LogP contribution < -0.4 is 14.8 Å². The SMILES string of the molecule is CC(=O)NCc1ccc(OC(=O)c2cccnc2)c(OC(=O)c2cccnc2)c1.Cl. The van der Waals surface area contributed by atoms with Gasteiger partial charge in [-0.15, -0.1) is 12.4 Å². The quantitative estimate of drug-likeness (QED) is 0.476. The van der Waals surface area contributed by atoms with Crippen molar-refractivity contribution in [2.45, 2.75) is 13.5 Å². The number of aromatic nitrogens is 2. The summed E-state index contributed by atoms with van der Waals surface area (Å²) in [7, 11) is 0. The second kappa shape index (κ2) is 10.7. The van der Waals surface area contributed by atoms with E-state index in [9.17, 15) is 14.4 Å². The summed E-state index contributed by atoms with van der Waals surface area (Å²) in [5, 5.41) is 2.65. The molecule has 2 aromatic heterocycles. The lowest BCUT2D eigenvalue weighted by Crippen LogP contribution is -2.19. The minimum atomic E-state index is -0.659. The third-order valence-electron chi connectivity index (χ3n) is 3.75. The van der Waals surface area contributed by atoms with Crippen molar-refractivity contribution in [2.75, 3.05) is 0 Å². The number of hydrogen-bond acceptors (Lipinski definition) is 7. The molecular formula is C21H18ClN3O5. The molecule has 1 aromatic carbocycles. The Kier molecular flexibility index (Phi) is 8.01. The molecule has 3 aromatic rings. The predicted molar refractivity (Wildman–Crippen MR) is 110 cm³/mol. The van der Waals surface area contributed by atoms with E-state index < -0.39 is 11.9 Å². The molecule has 8 nitrogen and oxygen atoms in total. The first kappa shape index (κ1) is 22.5. The van der Waals surface area contributed by atoms with E-state index in [2.05, 4.69) is 15.3 Å². The van der Waals surface area contributed by atoms with Crippen molar-refractivity contribution >= 4 is 30.3 Å². The first-order valence-corrected chi connectivity index (χ1v) is 8.64. The molecule has 0 bridgehead atoms. The highest BCUT2D eigenvalue weighted by molar-refractivity contribution is 5.92. The molecule has 0 aliphatic rings. The monoisotopic (exact) mass is 427 g/mol. The van der Waals surface area contributed by atoms with Crippen LogP contribution in [0.5, 0.6) is 11.5 Å². The lowest BCUT2D eigenvalue weighted by atomic mass is 10.2. The zero-order chi connectivity index (χ0) is 20.6. The normalized spacial score (nSPS) is 9.77. The smallest absolute Gasteiger partial charge is 0.345 e. The minimum Gasteiger partial charge on any atom is -0.419 e. The number of esters is 2. The standard InChI is InChI=1S/C21H17N3O5.ClH/c1-14(25)24-11-15-6-7-18(28-20(26)16-4-2-8-22-12-16)19(10-15)29-21(27)17-5-3-9-23-13-17;/h2-10,12-13H,11H2,1H3,(H,24,25);1H. The van der Waals surface area contributed by atoms with Crippen LogP contribution in [0.2, 0.25) is 0 Å². The van der Waals surface area contributed by atoms with Gasteiger partial charge in [-0.05, 0) is 42.0 Å². The molecule has 0 aliphatic heterocycles. The van der Waals surface area contributed by atoms with Gasteiger partial charge in [0.15, 0.2) is 11.5 Å². The first-order valence-electron chi connectivity index (χ1n) is 8.64. The van der Waals surface area contributed by atoms with Crippen molar-refractivity contribution in [1.29, 1.82) is 0 Å². The Morgan fingerprint density at radius 2 is 1.43 bits per heavy atom. The number of pyridine rings is 2. The third kappa shape index (κ3) is 6.11. The van der Waals surface area contributed by atoms with Crippen molar-refractivity contribution in [3.8, 4) is 11.5 Å². The van der Waals surface area contributed by atoms with Gasteiger partial charge in [-0.2, -0.15) is 0 Å². The number of halogens is 1. The van der Waals surface area contributed by atoms with Gasteiger partial charge >= 0.3 is 11.9 Å². The molecule has 3 rings (SSSR count). The number of rotatable bonds is 6. The van der Waals surface area contributed by atoms with Crippen LogP contribution >= 0.6 is 12.4 Å². The van der Waals surface area contributed by atoms with Crippen LogP contribution in [0, 0.1) is 0 Å². The largest absolute Gasteiger partial charge is 0.419 e. The summed E-state index contributed by atoms with van der Waals surface area (Å²) < 4.78 is 10.8. The van der Waals surface area contributed by atoms with Gasteiger partial charge in [-0.3, -0.25) is 14.8 Å². The third-order valence-corrected chi connectivity index (χ3v) is 3.75. The van der Waals surface area contributed by atoms with Crippen LogP contribution in [-0.4, -0.2) is 27.8 Å². The number of hydrogen-bond donors (Lipinski definition) is 1. The average Bonchev–Trinajstić information content (AvgIpc) is 2.75. The molecule has 0 atom stereocenters. The van der Waals surface area contributed by atoms with Crippen molar-refractivity contribution in [2.24, 2.45) is 0 Å². The second-order valence-corrected chi connectivity index (χ2v) is 5.95. The van der Waals surface area contributed by atoms with Gasteiger partial charge in [0, 0.05) is 38.3 Å². The number of carbonyl (C=O) groups excluding carboxylic acids is 3. The van der Waals surface area contributed by atoms with Crippen molar-refractivity contribution in [3.63, 3.8) is 0 Å². The maximum Gasteiger partial charge on any atom is 0.345 e. The lowest BCUT2D eigenvalue weighted by Gasteiger charge is -2.12. The Morgan fingerprint density at radius 3 is 1.93 bits per heavy atom. The fraction of sp³-hybridized carbons (Fsp3) is 0.0952. The van der Waals surface area contributed by atoms with E-state index in [1.54, 1.807) is 30.3 Å². The minimum absolute atomic E-state index is 0. The molecule has 1 N–H and O–H groups in total. The molecule has 0 saturated heterocycles. The van der Waals surface area contributed by atoms with E-state index in [0.29, 0.717) is 5.56 Å². The van der Waals surface area contributed by atoms with Crippen LogP contribution in [-0.2, 0) is 11.3 Å². The molecule has 0 saturated carbocycles. The number of nitrogens with zero attached hydrogens (tertiary/aromatic N) is 2. The first-order chi connectivity index (χ1) is 14.0. The Morgan fingerprint density at radius 1 is 0.867 bits per heavy atom. The zero-order valence-corrected chi connectivity index (χ0v) is 16.7. The second-order valence-electron chi connectivity index (χ2n) is 5.95. The Labute approximate surface area is 178 Å². The summed E-state index contributed by atoms with van der Waals surface area (Å²) in [6, 6.07) is 11.0. The summed E-state index contributed by atoms with van der Waals surface area (Å²) >= 11 is 0. The van der Waals surface area contributed by atoms with Crippen LogP contribution in [0.15, 0.2) is 67.3 Å². The Hall–Kier alpha value is -3.78.